The van der Waals surface area contributed by atoms with E-state index in [0.717, 1.165) is 0 Å². The van der Waals surface area contributed by atoms with Gasteiger partial charge in [-0.25, -0.2) is 4.79 Å². The van der Waals surface area contributed by atoms with E-state index in [1.54, 1.807) is 18.3 Å². The summed E-state index contributed by atoms with van der Waals surface area (Å²) in [6.07, 6.45) is -0.510. The second-order valence-corrected chi connectivity index (χ2v) is 9.49. The topological polar surface area (TPSA) is 188 Å². The van der Waals surface area contributed by atoms with Gasteiger partial charge in [0.15, 0.2) is 11.9 Å². The predicted molar refractivity (Wildman–Crippen MR) is 130 cm³/mol. The Kier molecular flexibility index (Phi) is 8.40. The normalized spacial score (nSPS) is 34.5. The van der Waals surface area contributed by atoms with Gasteiger partial charge in [0, 0.05) is 35.2 Å². The number of aliphatic hydroxyl groups excluding tert-OH is 4. The van der Waals surface area contributed by atoms with E-state index in [2.05, 4.69) is 11.6 Å². The molecular weight excluding hydrogens is 502 g/mol. The molecule has 1 aromatic rings. The van der Waals surface area contributed by atoms with E-state index >= 15 is 0 Å². The highest BCUT2D eigenvalue weighted by atomic mass is 16.7. The van der Waals surface area contributed by atoms with Crippen LogP contribution >= 0.6 is 0 Å². The van der Waals surface area contributed by atoms with Gasteiger partial charge in [0.05, 0.1) is 38.2 Å². The summed E-state index contributed by atoms with van der Waals surface area (Å²) in [6, 6.07) is 1.73. The van der Waals surface area contributed by atoms with Gasteiger partial charge in [-0.15, -0.1) is 6.58 Å². The summed E-state index contributed by atoms with van der Waals surface area (Å²) in [6.45, 7) is 2.95. The number of fused-ring (bicyclic) bond motifs is 1. The number of carboxylic acids is 1. The van der Waals surface area contributed by atoms with Crippen LogP contribution in [0.4, 0.5) is 0 Å². The fraction of sp³-hybridized carbons (Fsp3) is 0.538. The van der Waals surface area contributed by atoms with Crippen LogP contribution in [0.5, 0.6) is 0 Å². The maximum Gasteiger partial charge on any atom is 0.333 e. The van der Waals surface area contributed by atoms with Crippen molar-refractivity contribution < 1.29 is 54.1 Å². The second kappa shape index (κ2) is 11.4. The molecule has 1 saturated heterocycles. The molecule has 3 aliphatic rings. The Balaban J connectivity index is 1.62. The maximum absolute atomic E-state index is 12.3. The number of ether oxygens (including phenoxy) is 4. The van der Waals surface area contributed by atoms with Crippen molar-refractivity contribution >= 4 is 23.8 Å². The molecule has 4 rings (SSSR count). The highest BCUT2D eigenvalue weighted by molar-refractivity contribution is 5.90. The van der Waals surface area contributed by atoms with Crippen LogP contribution in [0.15, 0.2) is 36.6 Å². The molecule has 6 N–H and O–H groups in total. The van der Waals surface area contributed by atoms with Crippen molar-refractivity contribution in [3.05, 3.63) is 47.1 Å². The number of aliphatic carboxylic acids is 1. The van der Waals surface area contributed by atoms with Gasteiger partial charge in [0.25, 0.3) is 0 Å². The molecule has 208 valence electrons. The number of hydrogen-bond acceptors (Lipinski definition) is 10. The summed E-state index contributed by atoms with van der Waals surface area (Å²) in [7, 11) is 1.20. The van der Waals surface area contributed by atoms with Crippen molar-refractivity contribution in [2.75, 3.05) is 20.3 Å². The van der Waals surface area contributed by atoms with Crippen molar-refractivity contribution in [1.29, 1.82) is 0 Å². The summed E-state index contributed by atoms with van der Waals surface area (Å²) in [5.41, 5.74) is -1.49. The molecule has 0 bridgehead atoms. The predicted octanol–water partition coefficient (Wildman–Crippen LogP) is -1.72. The van der Waals surface area contributed by atoms with Gasteiger partial charge in [-0.3, -0.25) is 4.79 Å². The van der Waals surface area contributed by atoms with Gasteiger partial charge in [-0.1, -0.05) is 12.2 Å². The van der Waals surface area contributed by atoms with Crippen LogP contribution in [-0.4, -0.2) is 99.1 Å². The first-order chi connectivity index (χ1) is 18.2. The molecule has 1 aliphatic carbocycles. The molecule has 1 aromatic heterocycles. The van der Waals surface area contributed by atoms with E-state index in [0.29, 0.717) is 16.3 Å². The van der Waals surface area contributed by atoms with Gasteiger partial charge in [0.1, 0.15) is 24.1 Å². The van der Waals surface area contributed by atoms with E-state index < -0.39 is 66.7 Å². The zero-order valence-electron chi connectivity index (χ0n) is 20.9. The zero-order valence-corrected chi connectivity index (χ0v) is 20.9. The lowest BCUT2D eigenvalue weighted by atomic mass is 9.74. The lowest BCUT2D eigenvalue weighted by molar-refractivity contribution is -0.328. The number of rotatable bonds is 9. The third kappa shape index (κ3) is 4.91. The minimum absolute atomic E-state index is 0.118. The number of carbonyl (C=O) groups is 2. The van der Waals surface area contributed by atoms with E-state index in [9.17, 15) is 35.1 Å². The number of esters is 1. The standard InChI is InChI=1S/C26H33NO11/c1-3-14-16(10-20(30)31)15(24(34)35-2)4-5-17(14)36-25-22(32)23(33)26(19(12-29)37-25)11-13-6-8-27-21(13)18(38-26)7-9-28/h3-4,6,8,11,14,16-17,19,22-23,25,27-29,32-33H,1,5,7,9-10,12H2,2H3,(H,30,31)/t14-,16+,17-,19-,22-,23-,25-,26-/m1/s1. The van der Waals surface area contributed by atoms with Crippen LogP contribution in [0.25, 0.3) is 11.8 Å². The van der Waals surface area contributed by atoms with Gasteiger partial charge in [-0.2, -0.15) is 0 Å². The van der Waals surface area contributed by atoms with Crippen LogP contribution in [0.3, 0.4) is 0 Å². The van der Waals surface area contributed by atoms with Crippen LogP contribution in [0.1, 0.15) is 19.3 Å². The van der Waals surface area contributed by atoms with E-state index in [1.165, 1.54) is 19.3 Å². The van der Waals surface area contributed by atoms with Crippen molar-refractivity contribution in [3.8, 4) is 0 Å². The van der Waals surface area contributed by atoms with E-state index in [-0.39, 0.29) is 31.4 Å². The maximum atomic E-state index is 12.3. The molecule has 0 radical (unpaired) electrons. The Bertz CT molecular complexity index is 1200. The van der Waals surface area contributed by atoms with Crippen molar-refractivity contribution in [2.24, 2.45) is 11.8 Å². The largest absolute Gasteiger partial charge is 0.481 e. The smallest absolute Gasteiger partial charge is 0.333 e. The van der Waals surface area contributed by atoms with Gasteiger partial charge in [-0.05, 0) is 18.6 Å². The Morgan fingerprint density at radius 3 is 2.71 bits per heavy atom. The summed E-state index contributed by atoms with van der Waals surface area (Å²) >= 11 is 0. The van der Waals surface area contributed by atoms with Gasteiger partial charge < -0.3 is 49.5 Å². The molecule has 12 heteroatoms. The molecule has 38 heavy (non-hydrogen) atoms. The molecule has 1 spiro atoms. The zero-order chi connectivity index (χ0) is 27.6. The fourth-order valence-corrected chi connectivity index (χ4v) is 5.55. The van der Waals surface area contributed by atoms with Crippen LogP contribution < -0.4 is 10.6 Å². The van der Waals surface area contributed by atoms with Crippen molar-refractivity contribution in [2.45, 2.75) is 55.6 Å². The SMILES string of the molecule is C=C[C@@H]1[C@H](CC(=O)O)C(C(=O)OC)=CC[C@H]1O[C@@H]1O[C@H](CO)[C@]2(C=c3cc[nH]c3=C(CCO)O2)[C@H](O)[C@H]1O. The van der Waals surface area contributed by atoms with Gasteiger partial charge >= 0.3 is 11.9 Å². The van der Waals surface area contributed by atoms with Crippen LogP contribution in [0, 0.1) is 11.8 Å². The first kappa shape index (κ1) is 28.0. The summed E-state index contributed by atoms with van der Waals surface area (Å²) in [5.74, 6) is -2.92. The van der Waals surface area contributed by atoms with Crippen molar-refractivity contribution in [3.63, 3.8) is 0 Å². The minimum Gasteiger partial charge on any atom is -0.481 e. The number of methoxy groups -OCH3 is 1. The molecule has 12 nitrogen and oxygen atoms in total. The molecular formula is C26H33NO11. The number of aliphatic hydroxyl groups is 4. The van der Waals surface area contributed by atoms with Crippen LogP contribution in [0.2, 0.25) is 0 Å². The highest BCUT2D eigenvalue weighted by Crippen LogP contribution is 2.41. The third-order valence-corrected chi connectivity index (χ3v) is 7.37. The molecule has 8 atom stereocenters. The average Bonchev–Trinajstić information content (AvgIpc) is 3.37. The quantitative estimate of drug-likeness (QED) is 0.156. The molecule has 3 heterocycles. The van der Waals surface area contributed by atoms with Gasteiger partial charge in [0.2, 0.25) is 0 Å². The van der Waals surface area contributed by atoms with Crippen LogP contribution in [-0.2, 0) is 28.5 Å². The first-order valence-electron chi connectivity index (χ1n) is 12.3. The first-order valence-corrected chi connectivity index (χ1v) is 12.3. The Labute approximate surface area is 218 Å². The number of aromatic amines is 1. The number of nitrogens with one attached hydrogen (secondary N) is 1. The van der Waals surface area contributed by atoms with E-state index in [1.807, 2.05) is 0 Å². The fourth-order valence-electron chi connectivity index (χ4n) is 5.55. The number of H-pyrrole nitrogens is 1. The number of hydrogen-bond donors (Lipinski definition) is 6. The summed E-state index contributed by atoms with van der Waals surface area (Å²) in [5, 5.41) is 52.8. The monoisotopic (exact) mass is 535 g/mol. The highest BCUT2D eigenvalue weighted by Gasteiger charge is 2.58. The van der Waals surface area contributed by atoms with E-state index in [4.69, 9.17) is 18.9 Å². The lowest BCUT2D eigenvalue weighted by Crippen LogP contribution is -2.69. The molecule has 0 amide bonds. The third-order valence-electron chi connectivity index (χ3n) is 7.37. The molecule has 1 fully saturated rings. The average molecular weight is 536 g/mol. The Morgan fingerprint density at radius 1 is 1.32 bits per heavy atom. The lowest BCUT2D eigenvalue weighted by Gasteiger charge is -2.50. The number of aromatic nitrogens is 1. The molecule has 0 unspecified atom stereocenters. The Hall–Kier alpha value is -3.00. The summed E-state index contributed by atoms with van der Waals surface area (Å²) in [4.78, 5) is 26.9. The molecule has 2 aliphatic heterocycles. The number of carboxylic acid groups (broad SMARTS) is 1. The summed E-state index contributed by atoms with van der Waals surface area (Å²) < 4.78 is 22.9. The van der Waals surface area contributed by atoms with Crippen molar-refractivity contribution in [1.82, 2.24) is 4.98 Å². The second-order valence-electron chi connectivity index (χ2n) is 9.49. The Morgan fingerprint density at radius 2 is 2.08 bits per heavy atom. The number of carbonyl (C=O) groups excluding carboxylic acids is 1. The molecule has 0 saturated carbocycles. The molecule has 0 aromatic carbocycles. The minimum atomic E-state index is -1.68.